The number of hydrogen-bond acceptors (Lipinski definition) is 4. The van der Waals surface area contributed by atoms with Gasteiger partial charge in [0.15, 0.2) is 5.78 Å². The van der Waals surface area contributed by atoms with Crippen molar-refractivity contribution >= 4 is 28.7 Å². The van der Waals surface area contributed by atoms with Crippen LogP contribution in [0.3, 0.4) is 0 Å². The van der Waals surface area contributed by atoms with Gasteiger partial charge in [-0.15, -0.1) is 11.3 Å². The molecule has 104 valence electrons. The maximum absolute atomic E-state index is 12.5. The number of hydrogen-bond donors (Lipinski definition) is 1. The van der Waals surface area contributed by atoms with Crippen molar-refractivity contribution in [1.82, 2.24) is 4.90 Å². The van der Waals surface area contributed by atoms with Gasteiger partial charge in [0.2, 0.25) is 0 Å². The zero-order chi connectivity index (χ0) is 13.6. The van der Waals surface area contributed by atoms with Crippen LogP contribution in [-0.2, 0) is 0 Å². The molecule has 3 unspecified atom stereocenters. The van der Waals surface area contributed by atoms with Crippen LogP contribution in [0.25, 0.3) is 0 Å². The van der Waals surface area contributed by atoms with Gasteiger partial charge < -0.3 is 5.11 Å². The molecule has 1 N–H and O–H groups in total. The molecule has 0 amide bonds. The van der Waals surface area contributed by atoms with Crippen LogP contribution < -0.4 is 0 Å². The third-order valence-corrected chi connectivity index (χ3v) is 5.65. The minimum atomic E-state index is -0.188. The zero-order valence-corrected chi connectivity index (χ0v) is 12.5. The highest BCUT2D eigenvalue weighted by Gasteiger charge is 2.44. The number of halogens is 1. The van der Waals surface area contributed by atoms with Crippen molar-refractivity contribution in [2.45, 2.75) is 56.8 Å². The molecule has 0 spiro atoms. The Kier molecular flexibility index (Phi) is 3.69. The number of thiophene rings is 1. The van der Waals surface area contributed by atoms with Crippen LogP contribution in [0.4, 0.5) is 0 Å². The number of nitrogens with zero attached hydrogens (tertiary/aromatic N) is 1. The zero-order valence-electron chi connectivity index (χ0n) is 10.9. The minimum Gasteiger partial charge on any atom is -0.393 e. The maximum Gasteiger partial charge on any atom is 0.189 e. The Morgan fingerprint density at radius 3 is 2.58 bits per heavy atom. The highest BCUT2D eigenvalue weighted by Crippen LogP contribution is 2.38. The summed E-state index contributed by atoms with van der Waals surface area (Å²) in [6, 6.07) is 4.21. The summed E-state index contributed by atoms with van der Waals surface area (Å²) < 4.78 is 0.660. The van der Waals surface area contributed by atoms with E-state index in [9.17, 15) is 9.90 Å². The lowest BCUT2D eigenvalue weighted by molar-refractivity contribution is 0.0156. The molecule has 2 bridgehead atoms. The quantitative estimate of drug-likeness (QED) is 0.872. The fourth-order valence-corrected chi connectivity index (χ4v) is 4.67. The van der Waals surface area contributed by atoms with Crippen LogP contribution in [0.5, 0.6) is 0 Å². The smallest absolute Gasteiger partial charge is 0.189 e. The number of piperidine rings is 1. The molecule has 2 aliphatic rings. The SMILES string of the molecule is CC(C(=O)c1ccc(Cl)s1)N1C2CCC1CC(O)C2. The normalized spacial score (nSPS) is 32.5. The number of carbonyl (C=O) groups is 1. The monoisotopic (exact) mass is 299 g/mol. The van der Waals surface area contributed by atoms with Crippen LogP contribution in [-0.4, -0.2) is 40.0 Å². The molecule has 3 atom stereocenters. The summed E-state index contributed by atoms with van der Waals surface area (Å²) in [6.07, 6.45) is 3.63. The second-order valence-electron chi connectivity index (χ2n) is 5.60. The van der Waals surface area contributed by atoms with Gasteiger partial charge in [-0.3, -0.25) is 9.69 Å². The Morgan fingerprint density at radius 1 is 1.42 bits per heavy atom. The number of carbonyl (C=O) groups excluding carboxylic acids is 1. The van der Waals surface area contributed by atoms with Crippen molar-refractivity contribution in [1.29, 1.82) is 0 Å². The molecule has 2 saturated heterocycles. The first kappa shape index (κ1) is 13.6. The van der Waals surface area contributed by atoms with E-state index in [0.29, 0.717) is 16.4 Å². The molecular formula is C14H18ClNO2S. The summed E-state index contributed by atoms with van der Waals surface area (Å²) in [7, 11) is 0. The number of ketones is 1. The van der Waals surface area contributed by atoms with Crippen molar-refractivity contribution < 1.29 is 9.90 Å². The second kappa shape index (κ2) is 5.17. The van der Waals surface area contributed by atoms with E-state index >= 15 is 0 Å². The van der Waals surface area contributed by atoms with Gasteiger partial charge in [-0.25, -0.2) is 0 Å². The third-order valence-electron chi connectivity index (χ3n) is 4.41. The Labute approximate surface area is 122 Å². The predicted octanol–water partition coefficient (Wildman–Crippen LogP) is 2.96. The van der Waals surface area contributed by atoms with Crippen LogP contribution in [0.2, 0.25) is 4.34 Å². The molecule has 19 heavy (non-hydrogen) atoms. The van der Waals surface area contributed by atoms with Crippen LogP contribution >= 0.6 is 22.9 Å². The summed E-state index contributed by atoms with van der Waals surface area (Å²) in [4.78, 5) is 15.6. The third kappa shape index (κ3) is 2.47. The number of Topliss-reactive ketones (excluding diaryl/α,β-unsaturated/α-hetero) is 1. The van der Waals surface area contributed by atoms with Crippen LogP contribution in [0.15, 0.2) is 12.1 Å². The lowest BCUT2D eigenvalue weighted by Crippen LogP contribution is -2.51. The molecule has 0 saturated carbocycles. The fraction of sp³-hybridized carbons (Fsp3) is 0.643. The van der Waals surface area contributed by atoms with Crippen LogP contribution in [0, 0.1) is 0 Å². The molecule has 2 aliphatic heterocycles. The van der Waals surface area contributed by atoms with Crippen molar-refractivity contribution in [3.63, 3.8) is 0 Å². The number of fused-ring (bicyclic) bond motifs is 2. The molecule has 0 aliphatic carbocycles. The molecule has 1 aromatic heterocycles. The van der Waals surface area contributed by atoms with Gasteiger partial charge in [-0.2, -0.15) is 0 Å². The first-order valence-electron chi connectivity index (χ1n) is 6.81. The second-order valence-corrected chi connectivity index (χ2v) is 7.32. The standard InChI is InChI=1S/C14H18ClNO2S/c1-8(14(18)12-4-5-13(15)19-12)16-9-2-3-10(16)7-11(17)6-9/h4-5,8-11,17H,2-3,6-7H2,1H3. The van der Waals surface area contributed by atoms with Gasteiger partial charge in [0, 0.05) is 12.1 Å². The summed E-state index contributed by atoms with van der Waals surface area (Å²) >= 11 is 7.25. The summed E-state index contributed by atoms with van der Waals surface area (Å²) in [5.74, 6) is 0.158. The molecular weight excluding hydrogens is 282 g/mol. The van der Waals surface area contributed by atoms with Crippen molar-refractivity contribution in [2.75, 3.05) is 0 Å². The average Bonchev–Trinajstić information content (AvgIpc) is 2.90. The molecule has 3 nitrogen and oxygen atoms in total. The highest BCUT2D eigenvalue weighted by molar-refractivity contribution is 7.18. The van der Waals surface area contributed by atoms with E-state index in [1.807, 2.05) is 13.0 Å². The number of rotatable bonds is 3. The molecule has 1 aromatic rings. The summed E-state index contributed by atoms with van der Waals surface area (Å²) in [5, 5.41) is 9.82. The van der Waals surface area contributed by atoms with Gasteiger partial charge in [0.1, 0.15) is 0 Å². The Balaban J connectivity index is 1.77. The fourth-order valence-electron chi connectivity index (χ4n) is 3.60. The van der Waals surface area contributed by atoms with E-state index in [0.717, 1.165) is 30.6 Å². The van der Waals surface area contributed by atoms with Gasteiger partial charge in [-0.05, 0) is 44.7 Å². The van der Waals surface area contributed by atoms with E-state index in [1.165, 1.54) is 11.3 Å². The minimum absolute atomic E-state index is 0.111. The highest BCUT2D eigenvalue weighted by atomic mass is 35.5. The van der Waals surface area contributed by atoms with E-state index in [-0.39, 0.29) is 17.9 Å². The molecule has 5 heteroatoms. The van der Waals surface area contributed by atoms with Crippen molar-refractivity contribution in [2.24, 2.45) is 0 Å². The Morgan fingerprint density at radius 2 is 2.05 bits per heavy atom. The predicted molar refractivity (Wildman–Crippen MR) is 77.0 cm³/mol. The first-order chi connectivity index (χ1) is 9.06. The summed E-state index contributed by atoms with van der Waals surface area (Å²) in [5.41, 5.74) is 0. The maximum atomic E-state index is 12.5. The first-order valence-corrected chi connectivity index (χ1v) is 8.00. The number of aliphatic hydroxyl groups excluding tert-OH is 1. The van der Waals surface area contributed by atoms with Crippen LogP contribution in [0.1, 0.15) is 42.3 Å². The van der Waals surface area contributed by atoms with E-state index in [1.54, 1.807) is 6.07 Å². The van der Waals surface area contributed by atoms with Gasteiger partial charge in [-0.1, -0.05) is 11.6 Å². The topological polar surface area (TPSA) is 40.5 Å². The van der Waals surface area contributed by atoms with E-state index in [4.69, 9.17) is 11.6 Å². The average molecular weight is 300 g/mol. The Hall–Kier alpha value is -0.420. The molecule has 3 heterocycles. The lowest BCUT2D eigenvalue weighted by Gasteiger charge is -2.40. The Bertz CT molecular complexity index is 476. The van der Waals surface area contributed by atoms with Crippen molar-refractivity contribution in [3.8, 4) is 0 Å². The molecule has 2 fully saturated rings. The molecule has 0 radical (unpaired) electrons. The summed E-state index contributed by atoms with van der Waals surface area (Å²) in [6.45, 7) is 1.99. The van der Waals surface area contributed by atoms with Crippen molar-refractivity contribution in [3.05, 3.63) is 21.3 Å². The van der Waals surface area contributed by atoms with Gasteiger partial charge >= 0.3 is 0 Å². The van der Waals surface area contributed by atoms with E-state index in [2.05, 4.69) is 4.90 Å². The molecule has 0 aromatic carbocycles. The lowest BCUT2D eigenvalue weighted by atomic mass is 9.96. The molecule has 3 rings (SSSR count). The number of aliphatic hydroxyl groups is 1. The van der Waals surface area contributed by atoms with E-state index < -0.39 is 0 Å². The largest absolute Gasteiger partial charge is 0.393 e. The van der Waals surface area contributed by atoms with Gasteiger partial charge in [0.25, 0.3) is 0 Å². The van der Waals surface area contributed by atoms with Gasteiger partial charge in [0.05, 0.1) is 21.4 Å².